The molecule has 0 bridgehead atoms. The quantitative estimate of drug-likeness (QED) is 0.408. The van der Waals surface area contributed by atoms with Crippen molar-refractivity contribution in [1.82, 2.24) is 0 Å². The molecule has 1 heteroatoms. The molecular formula is C7H11Li. The Kier molecular flexibility index (Phi) is 5.27. The Hall–Kier alpha value is 0.0774. The van der Waals surface area contributed by atoms with Crippen LogP contribution in [0.15, 0.2) is 24.3 Å². The Morgan fingerprint density at radius 1 is 0.875 bits per heavy atom. The summed E-state index contributed by atoms with van der Waals surface area (Å²) in [6, 6.07) is 0. The maximum absolute atomic E-state index is 2.21. The van der Waals surface area contributed by atoms with Crippen LogP contribution in [0, 0.1) is 0 Å². The second-order valence-electron chi connectivity index (χ2n) is 1.79. The average Bonchev–Trinajstić information content (AvgIpc) is 1.90. The van der Waals surface area contributed by atoms with E-state index in [9.17, 15) is 0 Å². The van der Waals surface area contributed by atoms with Gasteiger partial charge >= 0.3 is 18.9 Å². The van der Waals surface area contributed by atoms with E-state index >= 15 is 0 Å². The maximum atomic E-state index is 2.21. The van der Waals surface area contributed by atoms with Gasteiger partial charge in [-0.05, 0) is 19.3 Å². The standard InChI is InChI=1S/C7H10.Li.H/c1-2-4-6-7-5-3-1;;/h1-4H,5-7H2;;. The summed E-state index contributed by atoms with van der Waals surface area (Å²) in [6.07, 6.45) is 12.5. The molecule has 0 spiro atoms. The van der Waals surface area contributed by atoms with E-state index < -0.39 is 0 Å². The van der Waals surface area contributed by atoms with Gasteiger partial charge in [0.25, 0.3) is 0 Å². The van der Waals surface area contributed by atoms with Crippen molar-refractivity contribution in [2.75, 3.05) is 0 Å². The van der Waals surface area contributed by atoms with Gasteiger partial charge in [-0.15, -0.1) is 0 Å². The van der Waals surface area contributed by atoms with Crippen LogP contribution in [0.5, 0.6) is 0 Å². The van der Waals surface area contributed by atoms with E-state index in [-0.39, 0.29) is 18.9 Å². The summed E-state index contributed by atoms with van der Waals surface area (Å²) in [5.74, 6) is 0. The second-order valence-corrected chi connectivity index (χ2v) is 1.79. The normalized spacial score (nSPS) is 17.0. The number of hydrogen-bond acceptors (Lipinski definition) is 0. The van der Waals surface area contributed by atoms with Crippen molar-refractivity contribution >= 4 is 18.9 Å². The van der Waals surface area contributed by atoms with E-state index in [0.717, 1.165) is 0 Å². The van der Waals surface area contributed by atoms with Crippen molar-refractivity contribution in [2.24, 2.45) is 0 Å². The summed E-state index contributed by atoms with van der Waals surface area (Å²) >= 11 is 0. The first-order valence-corrected chi connectivity index (χ1v) is 2.82. The van der Waals surface area contributed by atoms with Gasteiger partial charge in [0.05, 0.1) is 0 Å². The molecule has 0 radical (unpaired) electrons. The molecule has 0 saturated heterocycles. The molecule has 0 atom stereocenters. The zero-order chi connectivity index (χ0) is 4.95. The molecule has 0 saturated carbocycles. The first-order valence-electron chi connectivity index (χ1n) is 2.82. The van der Waals surface area contributed by atoms with Crippen LogP contribution in [0.1, 0.15) is 19.3 Å². The van der Waals surface area contributed by atoms with Gasteiger partial charge in [0.1, 0.15) is 0 Å². The van der Waals surface area contributed by atoms with Crippen LogP contribution in [0.3, 0.4) is 0 Å². The molecule has 8 heavy (non-hydrogen) atoms. The molecule has 0 N–H and O–H groups in total. The average molecular weight is 102 g/mol. The fraction of sp³-hybridized carbons (Fsp3) is 0.429. The molecule has 40 valence electrons. The number of allylic oxidation sites excluding steroid dienone is 4. The first-order chi connectivity index (χ1) is 3.50. The van der Waals surface area contributed by atoms with Crippen LogP contribution in [0.25, 0.3) is 0 Å². The number of rotatable bonds is 0. The van der Waals surface area contributed by atoms with E-state index in [4.69, 9.17) is 0 Å². The summed E-state index contributed by atoms with van der Waals surface area (Å²) in [5.41, 5.74) is 0. The van der Waals surface area contributed by atoms with Crippen molar-refractivity contribution in [3.8, 4) is 0 Å². The first kappa shape index (κ1) is 8.08. The predicted molar refractivity (Wildman–Crippen MR) is 39.3 cm³/mol. The van der Waals surface area contributed by atoms with E-state index in [2.05, 4.69) is 24.3 Å². The van der Waals surface area contributed by atoms with Crippen molar-refractivity contribution in [3.05, 3.63) is 24.3 Å². The van der Waals surface area contributed by atoms with Crippen LogP contribution < -0.4 is 0 Å². The summed E-state index contributed by atoms with van der Waals surface area (Å²) < 4.78 is 0. The molecule has 1 rings (SSSR count). The fourth-order valence-electron chi connectivity index (χ4n) is 0.703. The van der Waals surface area contributed by atoms with Crippen LogP contribution in [-0.4, -0.2) is 18.9 Å². The van der Waals surface area contributed by atoms with Crippen LogP contribution >= 0.6 is 0 Å². The van der Waals surface area contributed by atoms with Gasteiger partial charge in [0, 0.05) is 0 Å². The predicted octanol–water partition coefficient (Wildman–Crippen LogP) is 1.63. The Morgan fingerprint density at radius 2 is 1.38 bits per heavy atom. The van der Waals surface area contributed by atoms with Gasteiger partial charge in [-0.1, -0.05) is 24.3 Å². The van der Waals surface area contributed by atoms with Crippen molar-refractivity contribution in [3.63, 3.8) is 0 Å². The molecule has 0 aromatic rings. The Morgan fingerprint density at radius 3 is 1.88 bits per heavy atom. The van der Waals surface area contributed by atoms with E-state index in [1.807, 2.05) is 0 Å². The molecule has 1 aliphatic rings. The van der Waals surface area contributed by atoms with Gasteiger partial charge in [-0.25, -0.2) is 0 Å². The summed E-state index contributed by atoms with van der Waals surface area (Å²) in [6.45, 7) is 0. The Bertz CT molecular complexity index is 80.6. The van der Waals surface area contributed by atoms with Gasteiger partial charge in [0.15, 0.2) is 0 Å². The molecule has 0 heterocycles. The molecule has 1 aliphatic carbocycles. The van der Waals surface area contributed by atoms with E-state index in [1.54, 1.807) is 0 Å². The molecule has 0 fully saturated rings. The van der Waals surface area contributed by atoms with E-state index in [0.29, 0.717) is 0 Å². The molecule has 0 aromatic heterocycles. The van der Waals surface area contributed by atoms with Crippen molar-refractivity contribution in [1.29, 1.82) is 0 Å². The molecule has 0 nitrogen and oxygen atoms in total. The Balaban J connectivity index is 0.000000490. The zero-order valence-electron chi connectivity index (χ0n) is 4.43. The third-order valence-electron chi connectivity index (χ3n) is 1.12. The summed E-state index contributed by atoms with van der Waals surface area (Å²) in [4.78, 5) is 0. The topological polar surface area (TPSA) is 0 Å². The summed E-state index contributed by atoms with van der Waals surface area (Å²) in [5, 5.41) is 0. The summed E-state index contributed by atoms with van der Waals surface area (Å²) in [7, 11) is 0. The molecule has 0 aromatic carbocycles. The van der Waals surface area contributed by atoms with Crippen LogP contribution in [-0.2, 0) is 0 Å². The fourth-order valence-corrected chi connectivity index (χ4v) is 0.703. The minimum absolute atomic E-state index is 0. The van der Waals surface area contributed by atoms with Crippen LogP contribution in [0.2, 0.25) is 0 Å². The van der Waals surface area contributed by atoms with Crippen molar-refractivity contribution in [2.45, 2.75) is 19.3 Å². The second kappa shape index (κ2) is 5.22. The van der Waals surface area contributed by atoms with E-state index in [1.165, 1.54) is 19.3 Å². The SMILES string of the molecule is C1=CCCCC=C1.[LiH]. The Labute approximate surface area is 62.8 Å². The molecule has 0 amide bonds. The molecular weight excluding hydrogens is 91.0 g/mol. The van der Waals surface area contributed by atoms with Crippen LogP contribution in [0.4, 0.5) is 0 Å². The van der Waals surface area contributed by atoms with Gasteiger partial charge in [-0.3, -0.25) is 0 Å². The third kappa shape index (κ3) is 3.13. The molecule has 0 aliphatic heterocycles. The molecule has 0 unspecified atom stereocenters. The third-order valence-corrected chi connectivity index (χ3v) is 1.12. The minimum atomic E-state index is 0. The monoisotopic (exact) mass is 102 g/mol. The van der Waals surface area contributed by atoms with Gasteiger partial charge in [-0.2, -0.15) is 0 Å². The van der Waals surface area contributed by atoms with Crippen molar-refractivity contribution < 1.29 is 0 Å². The van der Waals surface area contributed by atoms with Gasteiger partial charge in [0.2, 0.25) is 0 Å². The zero-order valence-corrected chi connectivity index (χ0v) is 4.43. The number of hydrogen-bond donors (Lipinski definition) is 0. The van der Waals surface area contributed by atoms with Gasteiger partial charge < -0.3 is 0 Å².